The van der Waals surface area contributed by atoms with E-state index in [1.807, 2.05) is 0 Å². The first kappa shape index (κ1) is 14.4. The summed E-state index contributed by atoms with van der Waals surface area (Å²) in [5.74, 6) is 5.09. The van der Waals surface area contributed by atoms with E-state index in [2.05, 4.69) is 5.10 Å². The van der Waals surface area contributed by atoms with Crippen LogP contribution in [0.4, 0.5) is 10.1 Å². The zero-order chi connectivity index (χ0) is 15.2. The fourth-order valence-electron chi connectivity index (χ4n) is 1.75. The fourth-order valence-corrected chi connectivity index (χ4v) is 1.75. The molecule has 2 aromatic rings. The van der Waals surface area contributed by atoms with Crippen LogP contribution in [0.5, 0.6) is 5.75 Å². The Morgan fingerprint density at radius 1 is 1.33 bits per heavy atom. The molecule has 0 unspecified atom stereocenters. The summed E-state index contributed by atoms with van der Waals surface area (Å²) in [6.07, 6.45) is 1.26. The molecular weight excluding hydrogens is 277 g/mol. The third-order valence-electron chi connectivity index (χ3n) is 2.70. The Labute approximate surface area is 119 Å². The number of hydrazone groups is 1. The summed E-state index contributed by atoms with van der Waals surface area (Å²) in [7, 11) is 0. The Morgan fingerprint density at radius 3 is 2.81 bits per heavy atom. The van der Waals surface area contributed by atoms with Crippen molar-refractivity contribution in [2.45, 2.75) is 6.61 Å². The highest BCUT2D eigenvalue weighted by Gasteiger charge is 2.11. The quantitative estimate of drug-likeness (QED) is 0.396. The molecule has 0 radical (unpaired) electrons. The van der Waals surface area contributed by atoms with Gasteiger partial charge in [-0.2, -0.15) is 5.10 Å². The molecule has 7 heteroatoms. The molecule has 0 atom stereocenters. The van der Waals surface area contributed by atoms with Gasteiger partial charge in [-0.05, 0) is 23.8 Å². The van der Waals surface area contributed by atoms with Crippen LogP contribution in [0.15, 0.2) is 47.6 Å². The highest BCUT2D eigenvalue weighted by molar-refractivity contribution is 5.84. The molecular formula is C14H12FN3O3. The molecule has 21 heavy (non-hydrogen) atoms. The van der Waals surface area contributed by atoms with Gasteiger partial charge in [0.05, 0.1) is 11.1 Å². The molecule has 0 aliphatic rings. The predicted molar refractivity (Wildman–Crippen MR) is 75.6 cm³/mol. The number of nitro benzene ring substituents is 1. The van der Waals surface area contributed by atoms with E-state index in [-0.39, 0.29) is 18.1 Å². The molecule has 108 valence electrons. The van der Waals surface area contributed by atoms with Crippen molar-refractivity contribution in [3.8, 4) is 5.75 Å². The van der Waals surface area contributed by atoms with E-state index < -0.39 is 4.92 Å². The second-order valence-corrected chi connectivity index (χ2v) is 4.18. The normalized spacial score (nSPS) is 10.7. The van der Waals surface area contributed by atoms with E-state index in [1.165, 1.54) is 36.5 Å². The third kappa shape index (κ3) is 3.75. The maximum Gasteiger partial charge on any atom is 0.270 e. The van der Waals surface area contributed by atoms with E-state index in [9.17, 15) is 14.5 Å². The van der Waals surface area contributed by atoms with Gasteiger partial charge in [0, 0.05) is 17.7 Å². The van der Waals surface area contributed by atoms with Crippen molar-refractivity contribution in [2.75, 3.05) is 0 Å². The zero-order valence-corrected chi connectivity index (χ0v) is 10.9. The molecule has 2 aromatic carbocycles. The van der Waals surface area contributed by atoms with Crippen LogP contribution in [0.1, 0.15) is 11.1 Å². The molecule has 0 aliphatic heterocycles. The number of non-ortho nitro benzene ring substituents is 1. The molecule has 0 spiro atoms. The van der Waals surface area contributed by atoms with Gasteiger partial charge in [-0.3, -0.25) is 10.1 Å². The van der Waals surface area contributed by atoms with Crippen LogP contribution in [0, 0.1) is 15.9 Å². The average Bonchev–Trinajstić information content (AvgIpc) is 2.46. The van der Waals surface area contributed by atoms with Crippen molar-refractivity contribution in [3.63, 3.8) is 0 Å². The van der Waals surface area contributed by atoms with Gasteiger partial charge in [0.1, 0.15) is 18.2 Å². The van der Waals surface area contributed by atoms with Gasteiger partial charge in [-0.15, -0.1) is 0 Å². The van der Waals surface area contributed by atoms with Gasteiger partial charge in [0.25, 0.3) is 5.69 Å². The number of ether oxygens (including phenoxy) is 1. The first-order valence-corrected chi connectivity index (χ1v) is 5.99. The van der Waals surface area contributed by atoms with Gasteiger partial charge >= 0.3 is 0 Å². The minimum atomic E-state index is -0.524. The number of nitrogens with two attached hydrogens (primary N) is 1. The number of nitro groups is 1. The van der Waals surface area contributed by atoms with E-state index in [0.29, 0.717) is 16.9 Å². The fraction of sp³-hybridized carbons (Fsp3) is 0.0714. The lowest BCUT2D eigenvalue weighted by atomic mass is 10.2. The number of benzene rings is 2. The van der Waals surface area contributed by atoms with Gasteiger partial charge < -0.3 is 10.6 Å². The summed E-state index contributed by atoms with van der Waals surface area (Å²) in [6.45, 7) is 0.126. The number of nitrogens with zero attached hydrogens (tertiary/aromatic N) is 2. The minimum Gasteiger partial charge on any atom is -0.488 e. The molecule has 0 bridgehead atoms. The molecule has 6 nitrogen and oxygen atoms in total. The van der Waals surface area contributed by atoms with E-state index in [1.54, 1.807) is 12.1 Å². The number of rotatable bonds is 5. The Morgan fingerprint density at radius 2 is 2.14 bits per heavy atom. The van der Waals surface area contributed by atoms with Crippen molar-refractivity contribution >= 4 is 11.9 Å². The topological polar surface area (TPSA) is 90.8 Å². The molecule has 0 saturated heterocycles. The van der Waals surface area contributed by atoms with Crippen molar-refractivity contribution < 1.29 is 14.1 Å². The minimum absolute atomic E-state index is 0.0944. The smallest absolute Gasteiger partial charge is 0.270 e. The van der Waals surface area contributed by atoms with Crippen LogP contribution in [0.25, 0.3) is 0 Å². The molecule has 0 saturated carbocycles. The number of hydrogen-bond acceptors (Lipinski definition) is 5. The first-order valence-electron chi connectivity index (χ1n) is 5.99. The summed E-state index contributed by atoms with van der Waals surface area (Å²) < 4.78 is 18.6. The Kier molecular flexibility index (Phi) is 4.45. The molecule has 0 aromatic heterocycles. The molecule has 0 aliphatic carbocycles. The lowest BCUT2D eigenvalue weighted by molar-refractivity contribution is -0.384. The molecule has 2 N–H and O–H groups in total. The van der Waals surface area contributed by atoms with Crippen LogP contribution in [-0.2, 0) is 6.61 Å². The Hall–Kier alpha value is -2.96. The number of halogens is 1. The highest BCUT2D eigenvalue weighted by atomic mass is 19.1. The van der Waals surface area contributed by atoms with Crippen LogP contribution in [-0.4, -0.2) is 11.1 Å². The standard InChI is InChI=1S/C14H12FN3O3/c15-12-3-1-2-10(6-12)9-21-14-5-4-13(18(19)20)7-11(14)8-17-16/h1-8H,9,16H2. The maximum atomic E-state index is 13.1. The molecule has 0 fully saturated rings. The largest absolute Gasteiger partial charge is 0.488 e. The van der Waals surface area contributed by atoms with Crippen LogP contribution in [0.2, 0.25) is 0 Å². The van der Waals surface area contributed by atoms with Crippen LogP contribution in [0.3, 0.4) is 0 Å². The molecule has 0 heterocycles. The lowest BCUT2D eigenvalue weighted by Crippen LogP contribution is -2.00. The van der Waals surface area contributed by atoms with Gasteiger partial charge in [-0.25, -0.2) is 4.39 Å². The van der Waals surface area contributed by atoms with Crippen molar-refractivity contribution in [1.82, 2.24) is 0 Å². The van der Waals surface area contributed by atoms with E-state index in [0.717, 1.165) is 0 Å². The maximum absolute atomic E-state index is 13.1. The van der Waals surface area contributed by atoms with E-state index >= 15 is 0 Å². The van der Waals surface area contributed by atoms with Crippen molar-refractivity contribution in [1.29, 1.82) is 0 Å². The Bertz CT molecular complexity index is 689. The van der Waals surface area contributed by atoms with Crippen LogP contribution >= 0.6 is 0 Å². The van der Waals surface area contributed by atoms with Gasteiger partial charge in [0.2, 0.25) is 0 Å². The van der Waals surface area contributed by atoms with Crippen LogP contribution < -0.4 is 10.6 Å². The van der Waals surface area contributed by atoms with Crippen molar-refractivity contribution in [2.24, 2.45) is 10.9 Å². The summed E-state index contributed by atoms with van der Waals surface area (Å²) in [5, 5.41) is 14.1. The lowest BCUT2D eigenvalue weighted by Gasteiger charge is -2.09. The predicted octanol–water partition coefficient (Wildman–Crippen LogP) is 2.61. The molecule has 0 amide bonds. The SMILES string of the molecule is NN=Cc1cc([N+](=O)[O-])ccc1OCc1cccc(F)c1. The van der Waals surface area contributed by atoms with Gasteiger partial charge in [0.15, 0.2) is 0 Å². The third-order valence-corrected chi connectivity index (χ3v) is 2.70. The summed E-state index contributed by atoms with van der Waals surface area (Å²) in [4.78, 5) is 10.2. The number of hydrogen-bond donors (Lipinski definition) is 1. The summed E-state index contributed by atoms with van der Waals surface area (Å²) in [5.41, 5.74) is 0.926. The summed E-state index contributed by atoms with van der Waals surface area (Å²) in [6, 6.07) is 10.0. The zero-order valence-electron chi connectivity index (χ0n) is 10.9. The van der Waals surface area contributed by atoms with Crippen molar-refractivity contribution in [3.05, 3.63) is 69.5 Å². The monoisotopic (exact) mass is 289 g/mol. The van der Waals surface area contributed by atoms with Gasteiger partial charge in [-0.1, -0.05) is 12.1 Å². The first-order chi connectivity index (χ1) is 10.1. The second kappa shape index (κ2) is 6.47. The summed E-state index contributed by atoms with van der Waals surface area (Å²) >= 11 is 0. The second-order valence-electron chi connectivity index (χ2n) is 4.18. The Balaban J connectivity index is 2.21. The molecule has 2 rings (SSSR count). The highest BCUT2D eigenvalue weighted by Crippen LogP contribution is 2.23. The van der Waals surface area contributed by atoms with E-state index in [4.69, 9.17) is 10.6 Å². The average molecular weight is 289 g/mol.